The summed E-state index contributed by atoms with van der Waals surface area (Å²) in [5.41, 5.74) is 0. The average molecular weight is 259 g/mol. The van der Waals surface area contributed by atoms with Gasteiger partial charge in [0.1, 0.15) is 0 Å². The molecule has 1 aromatic heterocycles. The maximum Gasteiger partial charge on any atom is 0.232 e. The molecule has 2 heterocycles. The Morgan fingerprint density at radius 2 is 2.29 bits per heavy atom. The van der Waals surface area contributed by atoms with Crippen molar-refractivity contribution >= 4 is 11.6 Å². The quantitative estimate of drug-likeness (QED) is 0.759. The first-order valence-corrected chi connectivity index (χ1v) is 6.79. The maximum absolute atomic E-state index is 6.18. The molecule has 3 unspecified atom stereocenters. The third kappa shape index (κ3) is 2.80. The van der Waals surface area contributed by atoms with Crippen LogP contribution in [0.3, 0.4) is 0 Å². The highest BCUT2D eigenvalue weighted by Crippen LogP contribution is 2.33. The maximum atomic E-state index is 6.18. The smallest absolute Gasteiger partial charge is 0.232 e. The van der Waals surface area contributed by atoms with Crippen LogP contribution in [0.5, 0.6) is 0 Å². The summed E-state index contributed by atoms with van der Waals surface area (Å²) in [6.45, 7) is 4.98. The van der Waals surface area contributed by atoms with Crippen LogP contribution in [0.15, 0.2) is 4.52 Å². The highest BCUT2D eigenvalue weighted by atomic mass is 35.5. The molecule has 0 aromatic carbocycles. The molecule has 96 valence electrons. The molecule has 1 saturated heterocycles. The van der Waals surface area contributed by atoms with Crippen molar-refractivity contribution in [3.8, 4) is 0 Å². The van der Waals surface area contributed by atoms with E-state index >= 15 is 0 Å². The third-order valence-electron chi connectivity index (χ3n) is 3.21. The highest BCUT2D eigenvalue weighted by Gasteiger charge is 2.33. The highest BCUT2D eigenvalue weighted by molar-refractivity contribution is 6.20. The number of aromatic nitrogens is 2. The van der Waals surface area contributed by atoms with E-state index in [2.05, 4.69) is 24.0 Å². The number of rotatable bonds is 5. The minimum absolute atomic E-state index is 0.139. The Hall–Kier alpha value is -0.610. The molecular formula is C12H19ClN2O2. The van der Waals surface area contributed by atoms with Crippen LogP contribution >= 0.6 is 11.6 Å². The van der Waals surface area contributed by atoms with Crippen LogP contribution < -0.4 is 0 Å². The Morgan fingerprint density at radius 3 is 3.00 bits per heavy atom. The lowest BCUT2D eigenvalue weighted by atomic mass is 10.00. The van der Waals surface area contributed by atoms with Crippen LogP contribution in [-0.2, 0) is 4.74 Å². The largest absolute Gasteiger partial charge is 0.377 e. The molecule has 0 aliphatic carbocycles. The second-order valence-corrected chi connectivity index (χ2v) is 4.99. The summed E-state index contributed by atoms with van der Waals surface area (Å²) in [6.07, 6.45) is 4.03. The van der Waals surface area contributed by atoms with Crippen molar-refractivity contribution in [3.63, 3.8) is 0 Å². The Kier molecular flexibility index (Phi) is 4.40. The van der Waals surface area contributed by atoms with Crippen molar-refractivity contribution in [3.05, 3.63) is 11.7 Å². The Balaban J connectivity index is 2.07. The number of nitrogens with zero attached hydrogens (tertiary/aromatic N) is 2. The van der Waals surface area contributed by atoms with E-state index in [-0.39, 0.29) is 17.4 Å². The minimum Gasteiger partial charge on any atom is -0.377 e. The molecule has 4 nitrogen and oxygen atoms in total. The first-order chi connectivity index (χ1) is 8.26. The fourth-order valence-electron chi connectivity index (χ4n) is 2.24. The van der Waals surface area contributed by atoms with Gasteiger partial charge in [-0.15, -0.1) is 11.6 Å². The van der Waals surface area contributed by atoms with Gasteiger partial charge in [0.25, 0.3) is 0 Å². The van der Waals surface area contributed by atoms with Gasteiger partial charge in [-0.3, -0.25) is 0 Å². The van der Waals surface area contributed by atoms with Crippen LogP contribution in [0, 0.1) is 0 Å². The van der Waals surface area contributed by atoms with Gasteiger partial charge in [-0.25, -0.2) is 0 Å². The number of ether oxygens (including phenoxy) is 1. The zero-order chi connectivity index (χ0) is 12.3. The lowest BCUT2D eigenvalue weighted by Crippen LogP contribution is -2.13. The van der Waals surface area contributed by atoms with E-state index in [0.717, 1.165) is 32.3 Å². The molecule has 1 aliphatic rings. The summed E-state index contributed by atoms with van der Waals surface area (Å²) in [5, 5.41) is 3.84. The van der Waals surface area contributed by atoms with Crippen LogP contribution in [-0.4, -0.2) is 22.9 Å². The topological polar surface area (TPSA) is 48.2 Å². The van der Waals surface area contributed by atoms with Crippen LogP contribution in [0.25, 0.3) is 0 Å². The van der Waals surface area contributed by atoms with Crippen molar-refractivity contribution < 1.29 is 9.26 Å². The van der Waals surface area contributed by atoms with Gasteiger partial charge in [0.2, 0.25) is 5.89 Å². The van der Waals surface area contributed by atoms with E-state index in [9.17, 15) is 0 Å². The average Bonchev–Trinajstić information content (AvgIpc) is 2.97. The Bertz CT molecular complexity index is 356. The molecule has 2 rings (SSSR count). The van der Waals surface area contributed by atoms with Crippen LogP contribution in [0.1, 0.15) is 62.5 Å². The number of halogens is 1. The molecule has 0 radical (unpaired) electrons. The van der Waals surface area contributed by atoms with E-state index in [0.29, 0.717) is 11.7 Å². The fraction of sp³-hybridized carbons (Fsp3) is 0.833. The Morgan fingerprint density at radius 1 is 1.47 bits per heavy atom. The predicted octanol–water partition coefficient (Wildman–Crippen LogP) is 3.43. The van der Waals surface area contributed by atoms with Gasteiger partial charge >= 0.3 is 0 Å². The SMILES string of the molecule is CCCC(Cl)c1noc(C2CCOC2CC)n1. The fourth-order valence-corrected chi connectivity index (χ4v) is 2.55. The molecule has 1 aliphatic heterocycles. The van der Waals surface area contributed by atoms with E-state index in [1.807, 2.05) is 0 Å². The van der Waals surface area contributed by atoms with Gasteiger partial charge in [-0.05, 0) is 19.3 Å². The molecule has 1 fully saturated rings. The first kappa shape index (κ1) is 12.8. The van der Waals surface area contributed by atoms with Gasteiger partial charge in [0.15, 0.2) is 5.82 Å². The molecule has 5 heteroatoms. The molecular weight excluding hydrogens is 240 g/mol. The van der Waals surface area contributed by atoms with E-state index in [1.165, 1.54) is 0 Å². The molecule has 0 saturated carbocycles. The van der Waals surface area contributed by atoms with E-state index in [4.69, 9.17) is 20.9 Å². The van der Waals surface area contributed by atoms with Crippen LogP contribution in [0.4, 0.5) is 0 Å². The summed E-state index contributed by atoms with van der Waals surface area (Å²) in [7, 11) is 0. The van der Waals surface area contributed by atoms with Crippen molar-refractivity contribution in [2.45, 2.75) is 56.9 Å². The van der Waals surface area contributed by atoms with Gasteiger partial charge in [-0.2, -0.15) is 4.98 Å². The zero-order valence-electron chi connectivity index (χ0n) is 10.4. The van der Waals surface area contributed by atoms with Crippen molar-refractivity contribution in [1.82, 2.24) is 10.1 Å². The van der Waals surface area contributed by atoms with Gasteiger partial charge in [-0.1, -0.05) is 25.4 Å². The monoisotopic (exact) mass is 258 g/mol. The van der Waals surface area contributed by atoms with E-state index < -0.39 is 0 Å². The molecule has 0 bridgehead atoms. The second kappa shape index (κ2) is 5.83. The van der Waals surface area contributed by atoms with Crippen molar-refractivity contribution in [1.29, 1.82) is 0 Å². The normalized spacial score (nSPS) is 26.3. The molecule has 3 atom stereocenters. The molecule has 0 amide bonds. The second-order valence-electron chi connectivity index (χ2n) is 4.46. The molecule has 17 heavy (non-hydrogen) atoms. The van der Waals surface area contributed by atoms with Crippen molar-refractivity contribution in [2.24, 2.45) is 0 Å². The molecule has 1 aromatic rings. The van der Waals surface area contributed by atoms with Gasteiger partial charge in [0.05, 0.1) is 17.4 Å². The predicted molar refractivity (Wildman–Crippen MR) is 65.2 cm³/mol. The molecule has 0 spiro atoms. The third-order valence-corrected chi connectivity index (χ3v) is 3.62. The number of hydrogen-bond donors (Lipinski definition) is 0. The van der Waals surface area contributed by atoms with Crippen LogP contribution in [0.2, 0.25) is 0 Å². The lowest BCUT2D eigenvalue weighted by Gasteiger charge is -2.11. The molecule has 0 N–H and O–H groups in total. The van der Waals surface area contributed by atoms with E-state index in [1.54, 1.807) is 0 Å². The minimum atomic E-state index is -0.139. The summed E-state index contributed by atoms with van der Waals surface area (Å²) >= 11 is 6.18. The standard InChI is InChI=1S/C12H19ClN2O2/c1-3-5-9(13)11-14-12(17-15-11)8-6-7-16-10(8)4-2/h8-10H,3-7H2,1-2H3. The number of alkyl halides is 1. The van der Waals surface area contributed by atoms with Gasteiger partial charge < -0.3 is 9.26 Å². The summed E-state index contributed by atoms with van der Waals surface area (Å²) in [4.78, 5) is 4.42. The summed E-state index contributed by atoms with van der Waals surface area (Å²) in [5.74, 6) is 1.54. The number of hydrogen-bond acceptors (Lipinski definition) is 4. The van der Waals surface area contributed by atoms with Gasteiger partial charge in [0, 0.05) is 6.61 Å². The summed E-state index contributed by atoms with van der Waals surface area (Å²) < 4.78 is 10.9. The Labute approximate surface area is 107 Å². The van der Waals surface area contributed by atoms with Crippen molar-refractivity contribution in [2.75, 3.05) is 6.61 Å². The lowest BCUT2D eigenvalue weighted by molar-refractivity contribution is 0.0953. The zero-order valence-corrected chi connectivity index (χ0v) is 11.1. The first-order valence-electron chi connectivity index (χ1n) is 6.35. The summed E-state index contributed by atoms with van der Waals surface area (Å²) in [6, 6.07) is 0.